The van der Waals surface area contributed by atoms with E-state index in [9.17, 15) is 4.79 Å². The normalized spacial score (nSPS) is 12.1. The second-order valence-electron chi connectivity index (χ2n) is 4.40. The van der Waals surface area contributed by atoms with E-state index in [-0.39, 0.29) is 11.8 Å². The average molecular weight is 233 g/mol. The second kappa shape index (κ2) is 7.88. The molecule has 0 aromatic heterocycles. The first-order valence-corrected chi connectivity index (χ1v) is 6.62. The lowest BCUT2D eigenvalue weighted by Gasteiger charge is -2.16. The Morgan fingerprint density at radius 2 is 1.88 bits per heavy atom. The Morgan fingerprint density at radius 1 is 1.18 bits per heavy atom. The summed E-state index contributed by atoms with van der Waals surface area (Å²) in [5.74, 6) is 0.185. The Morgan fingerprint density at radius 3 is 2.47 bits per heavy atom. The molecule has 1 unspecified atom stereocenters. The van der Waals surface area contributed by atoms with Gasteiger partial charge < -0.3 is 5.32 Å². The van der Waals surface area contributed by atoms with E-state index in [2.05, 4.69) is 19.2 Å². The fraction of sp³-hybridized carbons (Fsp3) is 0.533. The number of carbonyl (C=O) groups is 1. The van der Waals surface area contributed by atoms with Crippen LogP contribution in [-0.4, -0.2) is 12.5 Å². The lowest BCUT2D eigenvalue weighted by molar-refractivity contribution is -0.122. The second-order valence-corrected chi connectivity index (χ2v) is 4.40. The zero-order valence-corrected chi connectivity index (χ0v) is 10.9. The maximum atomic E-state index is 12.1. The van der Waals surface area contributed by atoms with Crippen LogP contribution in [0, 0.1) is 0 Å². The number of hydrogen-bond acceptors (Lipinski definition) is 1. The van der Waals surface area contributed by atoms with Gasteiger partial charge in [-0.3, -0.25) is 4.79 Å². The number of unbranched alkanes of at least 4 members (excludes halogenated alkanes) is 1. The van der Waals surface area contributed by atoms with Gasteiger partial charge >= 0.3 is 0 Å². The van der Waals surface area contributed by atoms with Gasteiger partial charge in [-0.05, 0) is 18.4 Å². The van der Waals surface area contributed by atoms with Gasteiger partial charge in [-0.1, -0.05) is 57.0 Å². The standard InChI is InChI=1S/C15H23NO/c1-3-5-12-16-15(17)14(9-4-2)13-10-7-6-8-11-13/h6-8,10-11,14H,3-5,9,12H2,1-2H3,(H,16,17). The Balaban J connectivity index is 2.62. The highest BCUT2D eigenvalue weighted by atomic mass is 16.1. The maximum absolute atomic E-state index is 12.1. The number of rotatable bonds is 7. The topological polar surface area (TPSA) is 29.1 Å². The van der Waals surface area contributed by atoms with E-state index in [1.165, 1.54) is 0 Å². The monoisotopic (exact) mass is 233 g/mol. The molecule has 1 atom stereocenters. The van der Waals surface area contributed by atoms with Crippen molar-refractivity contribution in [1.29, 1.82) is 0 Å². The highest BCUT2D eigenvalue weighted by molar-refractivity contribution is 5.83. The van der Waals surface area contributed by atoms with Crippen LogP contribution in [0.4, 0.5) is 0 Å². The van der Waals surface area contributed by atoms with Crippen LogP contribution in [0.1, 0.15) is 51.0 Å². The van der Waals surface area contributed by atoms with Crippen LogP contribution in [0.3, 0.4) is 0 Å². The van der Waals surface area contributed by atoms with Crippen LogP contribution in [-0.2, 0) is 4.79 Å². The lowest BCUT2D eigenvalue weighted by atomic mass is 9.93. The summed E-state index contributed by atoms with van der Waals surface area (Å²) < 4.78 is 0. The van der Waals surface area contributed by atoms with Gasteiger partial charge in [-0.25, -0.2) is 0 Å². The van der Waals surface area contributed by atoms with Crippen molar-refractivity contribution in [2.75, 3.05) is 6.54 Å². The minimum atomic E-state index is 0.0121. The van der Waals surface area contributed by atoms with Crippen LogP contribution in [0.5, 0.6) is 0 Å². The summed E-state index contributed by atoms with van der Waals surface area (Å²) in [5, 5.41) is 3.03. The lowest BCUT2D eigenvalue weighted by Crippen LogP contribution is -2.30. The predicted octanol–water partition coefficient (Wildman–Crippen LogP) is 3.49. The SMILES string of the molecule is CCCCNC(=O)C(CCC)c1ccccc1. The summed E-state index contributed by atoms with van der Waals surface area (Å²) in [6, 6.07) is 10.1. The van der Waals surface area contributed by atoms with Gasteiger partial charge in [0.25, 0.3) is 0 Å². The molecule has 1 rings (SSSR count). The first kappa shape index (κ1) is 13.8. The van der Waals surface area contributed by atoms with Gasteiger partial charge in [-0.15, -0.1) is 0 Å². The molecular weight excluding hydrogens is 210 g/mol. The molecule has 94 valence electrons. The number of benzene rings is 1. The van der Waals surface area contributed by atoms with E-state index in [4.69, 9.17) is 0 Å². The third-order valence-electron chi connectivity index (χ3n) is 2.93. The molecule has 1 aromatic carbocycles. The molecule has 0 heterocycles. The first-order chi connectivity index (χ1) is 8.29. The van der Waals surface area contributed by atoms with Crippen LogP contribution < -0.4 is 5.32 Å². The van der Waals surface area contributed by atoms with Crippen LogP contribution in [0.25, 0.3) is 0 Å². The van der Waals surface area contributed by atoms with Crippen LogP contribution in [0.15, 0.2) is 30.3 Å². The number of amides is 1. The third kappa shape index (κ3) is 4.59. The van der Waals surface area contributed by atoms with Gasteiger partial charge in [-0.2, -0.15) is 0 Å². The summed E-state index contributed by atoms with van der Waals surface area (Å²) >= 11 is 0. The summed E-state index contributed by atoms with van der Waals surface area (Å²) in [4.78, 5) is 12.1. The van der Waals surface area contributed by atoms with Crippen LogP contribution in [0.2, 0.25) is 0 Å². The molecule has 0 spiro atoms. The zero-order chi connectivity index (χ0) is 12.5. The van der Waals surface area contributed by atoms with Crippen molar-refractivity contribution in [3.8, 4) is 0 Å². The van der Waals surface area contributed by atoms with Gasteiger partial charge in [0.1, 0.15) is 0 Å². The molecule has 0 bridgehead atoms. The summed E-state index contributed by atoms with van der Waals surface area (Å²) in [6.45, 7) is 5.05. The molecular formula is C15H23NO. The Hall–Kier alpha value is -1.31. The molecule has 1 amide bonds. The molecule has 0 radical (unpaired) electrons. The van der Waals surface area contributed by atoms with Crippen molar-refractivity contribution in [1.82, 2.24) is 5.32 Å². The molecule has 1 aromatic rings. The van der Waals surface area contributed by atoms with Crippen molar-refractivity contribution in [2.45, 2.75) is 45.4 Å². The Bertz CT molecular complexity index is 321. The van der Waals surface area contributed by atoms with Gasteiger partial charge in [0.05, 0.1) is 5.92 Å². The van der Waals surface area contributed by atoms with E-state index in [1.54, 1.807) is 0 Å². The van der Waals surface area contributed by atoms with E-state index in [1.807, 2.05) is 30.3 Å². The molecule has 1 N–H and O–H groups in total. The highest BCUT2D eigenvalue weighted by Gasteiger charge is 2.18. The van der Waals surface area contributed by atoms with Crippen molar-refractivity contribution in [2.24, 2.45) is 0 Å². The third-order valence-corrected chi connectivity index (χ3v) is 2.93. The molecule has 0 aliphatic carbocycles. The summed E-state index contributed by atoms with van der Waals surface area (Å²) in [6.07, 6.45) is 4.12. The summed E-state index contributed by atoms with van der Waals surface area (Å²) in [7, 11) is 0. The van der Waals surface area contributed by atoms with Crippen molar-refractivity contribution in [3.05, 3.63) is 35.9 Å². The molecule has 0 aliphatic heterocycles. The number of hydrogen-bond donors (Lipinski definition) is 1. The number of nitrogens with one attached hydrogen (secondary N) is 1. The quantitative estimate of drug-likeness (QED) is 0.718. The van der Waals surface area contributed by atoms with Gasteiger partial charge in [0.15, 0.2) is 0 Å². The van der Waals surface area contributed by atoms with E-state index < -0.39 is 0 Å². The zero-order valence-electron chi connectivity index (χ0n) is 10.9. The van der Waals surface area contributed by atoms with Crippen LogP contribution >= 0.6 is 0 Å². The van der Waals surface area contributed by atoms with Gasteiger partial charge in [0, 0.05) is 6.54 Å². The van der Waals surface area contributed by atoms with Crippen molar-refractivity contribution >= 4 is 5.91 Å². The molecule has 0 saturated heterocycles. The predicted molar refractivity (Wildman–Crippen MR) is 72.0 cm³/mol. The summed E-state index contributed by atoms with van der Waals surface area (Å²) in [5.41, 5.74) is 1.13. The van der Waals surface area contributed by atoms with E-state index >= 15 is 0 Å². The van der Waals surface area contributed by atoms with Crippen molar-refractivity contribution < 1.29 is 4.79 Å². The highest BCUT2D eigenvalue weighted by Crippen LogP contribution is 2.21. The fourth-order valence-electron chi connectivity index (χ4n) is 1.93. The maximum Gasteiger partial charge on any atom is 0.227 e. The largest absolute Gasteiger partial charge is 0.356 e. The van der Waals surface area contributed by atoms with Gasteiger partial charge in [0.2, 0.25) is 5.91 Å². The molecule has 2 heteroatoms. The molecule has 0 saturated carbocycles. The molecule has 17 heavy (non-hydrogen) atoms. The average Bonchev–Trinajstić information content (AvgIpc) is 2.37. The van der Waals surface area contributed by atoms with E-state index in [0.717, 1.165) is 37.8 Å². The minimum Gasteiger partial charge on any atom is -0.356 e. The number of carbonyl (C=O) groups excluding carboxylic acids is 1. The molecule has 2 nitrogen and oxygen atoms in total. The molecule has 0 fully saturated rings. The van der Waals surface area contributed by atoms with E-state index in [0.29, 0.717) is 0 Å². The smallest absolute Gasteiger partial charge is 0.227 e. The Labute approximate surface area is 104 Å². The van der Waals surface area contributed by atoms with Crippen molar-refractivity contribution in [3.63, 3.8) is 0 Å². The Kier molecular flexibility index (Phi) is 6.38. The fourth-order valence-corrected chi connectivity index (χ4v) is 1.93. The molecule has 0 aliphatic rings. The minimum absolute atomic E-state index is 0.0121. The first-order valence-electron chi connectivity index (χ1n) is 6.62.